The van der Waals surface area contributed by atoms with Crippen LogP contribution in [0, 0.1) is 0 Å². The average Bonchev–Trinajstić information content (AvgIpc) is 1.90. The van der Waals surface area contributed by atoms with Crippen LogP contribution in [0.1, 0.15) is 0 Å². The second-order valence-electron chi connectivity index (χ2n) is 1.30. The van der Waals surface area contributed by atoms with E-state index in [0.717, 1.165) is 0 Å². The van der Waals surface area contributed by atoms with Gasteiger partial charge >= 0.3 is 61.7 Å². The summed E-state index contributed by atoms with van der Waals surface area (Å²) in [4.78, 5) is 0. The molecule has 0 bridgehead atoms. The zero-order chi connectivity index (χ0) is 5.82. The molecule has 0 N–H and O–H groups in total. The third-order valence-electron chi connectivity index (χ3n) is 0.768. The molecular weight excluding hydrogens is 233 g/mol. The van der Waals surface area contributed by atoms with E-state index < -0.39 is 0 Å². The number of hydrogen-bond acceptors (Lipinski definition) is 0. The fourth-order valence-electron chi connectivity index (χ4n) is 0.429. The van der Waals surface area contributed by atoms with E-state index in [0.29, 0.717) is 13.4 Å². The molecule has 0 saturated carbocycles. The van der Waals surface area contributed by atoms with Gasteiger partial charge in [-0.05, 0) is 0 Å². The summed E-state index contributed by atoms with van der Waals surface area (Å²) in [6, 6.07) is 6.04. The Morgan fingerprint density at radius 2 is 1.75 bits per heavy atom. The monoisotopic (exact) mass is 238 g/mol. The second kappa shape index (κ2) is 3.23. The molecule has 1 aromatic heterocycles. The molecule has 1 rings (SSSR count). The Morgan fingerprint density at radius 3 is 2.12 bits per heavy atom. The molecule has 0 aliphatic carbocycles. The summed E-state index contributed by atoms with van der Waals surface area (Å²) in [7, 11) is 0. The van der Waals surface area contributed by atoms with Crippen molar-refractivity contribution in [2.24, 2.45) is 0 Å². The van der Waals surface area contributed by atoms with Crippen LogP contribution in [0.25, 0.3) is 0 Å². The molecule has 0 radical (unpaired) electrons. The summed E-state index contributed by atoms with van der Waals surface area (Å²) in [5.41, 5.74) is 0. The quantitative estimate of drug-likeness (QED) is 0.635. The van der Waals surface area contributed by atoms with E-state index in [1.165, 1.54) is 0 Å². The standard InChI is InChI=1S/C5H5BrNSe/c6-8-7-4-2-1-3-5-7/h1-5H/q+1. The van der Waals surface area contributed by atoms with Crippen molar-refractivity contribution in [2.45, 2.75) is 0 Å². The number of rotatable bonds is 1. The molecule has 0 unspecified atom stereocenters. The molecule has 0 aliphatic rings. The van der Waals surface area contributed by atoms with Crippen LogP contribution in [-0.2, 0) is 0 Å². The Morgan fingerprint density at radius 1 is 1.12 bits per heavy atom. The minimum absolute atomic E-state index is 0.397. The van der Waals surface area contributed by atoms with Crippen molar-refractivity contribution in [3.8, 4) is 0 Å². The second-order valence-corrected chi connectivity index (χ2v) is 3.98. The van der Waals surface area contributed by atoms with Crippen LogP contribution >= 0.6 is 14.1 Å². The Bertz CT molecular complexity index is 154. The number of halogens is 1. The molecule has 0 saturated heterocycles. The summed E-state index contributed by atoms with van der Waals surface area (Å²) in [5, 5.41) is 0. The molecular formula is C5H5BrNSe+. The predicted molar refractivity (Wildman–Crippen MR) is 36.7 cm³/mol. The van der Waals surface area contributed by atoms with Gasteiger partial charge in [0.2, 0.25) is 0 Å². The van der Waals surface area contributed by atoms with Crippen LogP contribution in [0.2, 0.25) is 0 Å². The van der Waals surface area contributed by atoms with Crippen molar-refractivity contribution < 1.29 is 3.58 Å². The zero-order valence-corrected chi connectivity index (χ0v) is 7.42. The molecule has 0 spiro atoms. The molecule has 0 aliphatic heterocycles. The van der Waals surface area contributed by atoms with Crippen molar-refractivity contribution in [3.63, 3.8) is 0 Å². The summed E-state index contributed by atoms with van der Waals surface area (Å²) in [6.45, 7) is 0. The van der Waals surface area contributed by atoms with E-state index >= 15 is 0 Å². The first-order valence-corrected chi connectivity index (χ1v) is 6.96. The van der Waals surface area contributed by atoms with Gasteiger partial charge in [0.15, 0.2) is 0 Å². The van der Waals surface area contributed by atoms with Gasteiger partial charge < -0.3 is 0 Å². The van der Waals surface area contributed by atoms with Gasteiger partial charge in [-0.3, -0.25) is 0 Å². The molecule has 42 valence electrons. The first-order valence-electron chi connectivity index (χ1n) is 2.19. The SMILES string of the molecule is Br[Se][n+]1ccccc1. The van der Waals surface area contributed by atoms with Gasteiger partial charge in [-0.1, -0.05) is 0 Å². The van der Waals surface area contributed by atoms with E-state index in [2.05, 4.69) is 17.7 Å². The molecule has 1 nitrogen and oxygen atoms in total. The summed E-state index contributed by atoms with van der Waals surface area (Å²) in [5.74, 6) is 0. The topological polar surface area (TPSA) is 3.88 Å². The van der Waals surface area contributed by atoms with Crippen molar-refractivity contribution in [1.82, 2.24) is 0 Å². The fraction of sp³-hybridized carbons (Fsp3) is 0. The first kappa shape index (κ1) is 6.27. The third kappa shape index (κ3) is 1.58. The van der Waals surface area contributed by atoms with Crippen LogP contribution in [0.3, 0.4) is 0 Å². The Labute approximate surface area is 61.8 Å². The maximum atomic E-state index is 3.38. The van der Waals surface area contributed by atoms with E-state index in [9.17, 15) is 0 Å². The zero-order valence-electron chi connectivity index (χ0n) is 4.12. The van der Waals surface area contributed by atoms with Crippen LogP contribution in [0.4, 0.5) is 0 Å². The van der Waals surface area contributed by atoms with E-state index in [-0.39, 0.29) is 0 Å². The van der Waals surface area contributed by atoms with Crippen molar-refractivity contribution in [3.05, 3.63) is 30.6 Å². The normalized spacial score (nSPS) is 9.12. The maximum absolute atomic E-state index is 3.38. The van der Waals surface area contributed by atoms with Gasteiger partial charge in [0, 0.05) is 0 Å². The summed E-state index contributed by atoms with van der Waals surface area (Å²) in [6.07, 6.45) is 4.07. The van der Waals surface area contributed by atoms with Gasteiger partial charge in [-0.2, -0.15) is 0 Å². The van der Waals surface area contributed by atoms with Gasteiger partial charge in [-0.25, -0.2) is 0 Å². The Hall–Kier alpha value is 0.149. The average molecular weight is 238 g/mol. The summed E-state index contributed by atoms with van der Waals surface area (Å²) >= 11 is 3.78. The van der Waals surface area contributed by atoms with Gasteiger partial charge in [0.05, 0.1) is 0 Å². The molecule has 8 heavy (non-hydrogen) atoms. The summed E-state index contributed by atoms with van der Waals surface area (Å²) < 4.78 is 2.10. The molecule has 0 atom stereocenters. The van der Waals surface area contributed by atoms with Crippen molar-refractivity contribution in [1.29, 1.82) is 0 Å². The van der Waals surface area contributed by atoms with Crippen LogP contribution < -0.4 is 3.58 Å². The van der Waals surface area contributed by atoms with Crippen molar-refractivity contribution in [2.75, 3.05) is 0 Å². The van der Waals surface area contributed by atoms with Crippen LogP contribution in [-0.4, -0.2) is 13.4 Å². The third-order valence-corrected chi connectivity index (χ3v) is 3.35. The number of aromatic nitrogens is 1. The molecule has 1 heterocycles. The van der Waals surface area contributed by atoms with Gasteiger partial charge in [0.25, 0.3) is 0 Å². The predicted octanol–water partition coefficient (Wildman–Crippen LogP) is 0.751. The van der Waals surface area contributed by atoms with E-state index in [1.807, 2.05) is 30.6 Å². The van der Waals surface area contributed by atoms with E-state index in [4.69, 9.17) is 0 Å². The Kier molecular flexibility index (Phi) is 2.53. The van der Waals surface area contributed by atoms with Crippen molar-refractivity contribution >= 4 is 27.5 Å². The first-order chi connectivity index (χ1) is 3.93. The fourth-order valence-corrected chi connectivity index (χ4v) is 1.92. The molecule has 0 aromatic carbocycles. The minimum atomic E-state index is 0.397. The Balaban J connectivity index is 2.83. The van der Waals surface area contributed by atoms with Crippen LogP contribution in [0.5, 0.6) is 0 Å². The number of nitrogens with zero attached hydrogens (tertiary/aromatic N) is 1. The molecule has 1 aromatic rings. The number of pyridine rings is 1. The number of hydrogen-bond donors (Lipinski definition) is 0. The van der Waals surface area contributed by atoms with Gasteiger partial charge in [0.1, 0.15) is 0 Å². The molecule has 3 heteroatoms. The molecule has 0 fully saturated rings. The van der Waals surface area contributed by atoms with Crippen LogP contribution in [0.15, 0.2) is 30.6 Å². The van der Waals surface area contributed by atoms with E-state index in [1.54, 1.807) is 0 Å². The molecule has 0 amide bonds. The van der Waals surface area contributed by atoms with Gasteiger partial charge in [-0.15, -0.1) is 0 Å².